The molecule has 0 aliphatic heterocycles. The molecule has 1 aliphatic rings. The molecule has 0 aromatic heterocycles. The first-order valence-electron chi connectivity index (χ1n) is 7.30. The lowest BCUT2D eigenvalue weighted by Gasteiger charge is -2.27. The Bertz CT molecular complexity index is 483. The topological polar surface area (TPSA) is 46.5 Å². The van der Waals surface area contributed by atoms with Crippen molar-refractivity contribution in [3.63, 3.8) is 0 Å². The summed E-state index contributed by atoms with van der Waals surface area (Å²) in [6.07, 6.45) is 2.29. The van der Waals surface area contributed by atoms with E-state index in [1.54, 1.807) is 12.1 Å². The van der Waals surface area contributed by atoms with E-state index in [-0.39, 0.29) is 23.6 Å². The van der Waals surface area contributed by atoms with E-state index in [0.717, 1.165) is 18.4 Å². The van der Waals surface area contributed by atoms with Gasteiger partial charge in [-0.2, -0.15) is 0 Å². The molecule has 0 amide bonds. The fourth-order valence-corrected chi connectivity index (χ4v) is 2.70. The lowest BCUT2D eigenvalue weighted by molar-refractivity contribution is -0.160. The second-order valence-corrected chi connectivity index (χ2v) is 6.78. The standard InChI is InChI=1S/C17H24O3/c1-11(16(19)20-17(2,3)4)15(12-8-9-12)13-6-5-7-14(18)10-13/h5-7,10-12,15,18H,8-9H2,1-4H3/t11-,15-/m0/s1. The Morgan fingerprint density at radius 2 is 2.00 bits per heavy atom. The second-order valence-electron chi connectivity index (χ2n) is 6.78. The van der Waals surface area contributed by atoms with Gasteiger partial charge in [-0.1, -0.05) is 19.1 Å². The van der Waals surface area contributed by atoms with Crippen LogP contribution in [0.2, 0.25) is 0 Å². The molecule has 3 nitrogen and oxygen atoms in total. The third kappa shape index (κ3) is 3.75. The number of carbonyl (C=O) groups is 1. The molecule has 3 heteroatoms. The highest BCUT2D eigenvalue weighted by molar-refractivity contribution is 5.74. The van der Waals surface area contributed by atoms with E-state index in [9.17, 15) is 9.90 Å². The molecular weight excluding hydrogens is 252 g/mol. The summed E-state index contributed by atoms with van der Waals surface area (Å²) in [5.74, 6) is 0.571. The van der Waals surface area contributed by atoms with Crippen molar-refractivity contribution in [3.05, 3.63) is 29.8 Å². The lowest BCUT2D eigenvalue weighted by atomic mass is 9.83. The van der Waals surface area contributed by atoms with Crippen LogP contribution in [0.1, 0.15) is 52.0 Å². The van der Waals surface area contributed by atoms with Crippen molar-refractivity contribution in [1.82, 2.24) is 0 Å². The molecule has 0 radical (unpaired) electrons. The maximum atomic E-state index is 12.3. The molecule has 20 heavy (non-hydrogen) atoms. The molecule has 0 bridgehead atoms. The number of ether oxygens (including phenoxy) is 1. The van der Waals surface area contributed by atoms with Crippen molar-refractivity contribution in [1.29, 1.82) is 0 Å². The van der Waals surface area contributed by atoms with Gasteiger partial charge in [0.2, 0.25) is 0 Å². The molecule has 0 heterocycles. The van der Waals surface area contributed by atoms with E-state index >= 15 is 0 Å². The molecule has 1 aliphatic carbocycles. The zero-order chi connectivity index (χ0) is 14.9. The molecule has 0 spiro atoms. The molecule has 2 rings (SSSR count). The van der Waals surface area contributed by atoms with Gasteiger partial charge in [0.15, 0.2) is 0 Å². The summed E-state index contributed by atoms with van der Waals surface area (Å²) in [7, 11) is 0. The van der Waals surface area contributed by atoms with Gasteiger partial charge in [0.1, 0.15) is 11.4 Å². The van der Waals surface area contributed by atoms with Crippen molar-refractivity contribution in [2.75, 3.05) is 0 Å². The average molecular weight is 276 g/mol. The maximum absolute atomic E-state index is 12.3. The highest BCUT2D eigenvalue weighted by Crippen LogP contribution is 2.47. The number of hydrogen-bond acceptors (Lipinski definition) is 3. The van der Waals surface area contributed by atoms with Crippen molar-refractivity contribution in [2.45, 2.75) is 52.1 Å². The number of carbonyl (C=O) groups excluding carboxylic acids is 1. The predicted molar refractivity (Wildman–Crippen MR) is 78.6 cm³/mol. The van der Waals surface area contributed by atoms with Crippen LogP contribution in [0.4, 0.5) is 0 Å². The average Bonchev–Trinajstić information content (AvgIpc) is 3.11. The fraction of sp³-hybridized carbons (Fsp3) is 0.588. The first kappa shape index (κ1) is 14.9. The number of esters is 1. The summed E-state index contributed by atoms with van der Waals surface area (Å²) in [6, 6.07) is 7.25. The van der Waals surface area contributed by atoms with Gasteiger partial charge >= 0.3 is 5.97 Å². The van der Waals surface area contributed by atoms with Crippen LogP contribution in [0.15, 0.2) is 24.3 Å². The third-order valence-electron chi connectivity index (χ3n) is 3.70. The molecule has 1 aromatic carbocycles. The molecule has 1 fully saturated rings. The summed E-state index contributed by atoms with van der Waals surface area (Å²) in [5.41, 5.74) is 0.573. The number of hydrogen-bond donors (Lipinski definition) is 1. The monoisotopic (exact) mass is 276 g/mol. The molecule has 1 saturated carbocycles. The molecule has 0 unspecified atom stereocenters. The maximum Gasteiger partial charge on any atom is 0.309 e. The summed E-state index contributed by atoms with van der Waals surface area (Å²) in [4.78, 5) is 12.3. The molecular formula is C17H24O3. The Labute approximate surface area is 121 Å². The van der Waals surface area contributed by atoms with Gasteiger partial charge in [0, 0.05) is 0 Å². The minimum Gasteiger partial charge on any atom is -0.508 e. The molecule has 1 aromatic rings. The Morgan fingerprint density at radius 3 is 2.50 bits per heavy atom. The van der Waals surface area contributed by atoms with Gasteiger partial charge in [0.25, 0.3) is 0 Å². The van der Waals surface area contributed by atoms with Crippen molar-refractivity contribution in [2.24, 2.45) is 11.8 Å². The van der Waals surface area contributed by atoms with Crippen LogP contribution in [0.25, 0.3) is 0 Å². The fourth-order valence-electron chi connectivity index (χ4n) is 2.70. The van der Waals surface area contributed by atoms with Gasteiger partial charge in [-0.3, -0.25) is 4.79 Å². The number of phenols is 1. The van der Waals surface area contributed by atoms with E-state index in [2.05, 4.69) is 0 Å². The molecule has 2 atom stereocenters. The van der Waals surface area contributed by atoms with Crippen molar-refractivity contribution in [3.8, 4) is 5.75 Å². The Balaban J connectivity index is 2.19. The van der Waals surface area contributed by atoms with Gasteiger partial charge in [-0.15, -0.1) is 0 Å². The van der Waals surface area contributed by atoms with Gasteiger partial charge < -0.3 is 9.84 Å². The minimum absolute atomic E-state index is 0.136. The smallest absolute Gasteiger partial charge is 0.309 e. The van der Waals surface area contributed by atoms with E-state index in [4.69, 9.17) is 4.74 Å². The number of aromatic hydroxyl groups is 1. The summed E-state index contributed by atoms with van der Waals surface area (Å²) in [5, 5.41) is 9.65. The Kier molecular flexibility index (Phi) is 4.07. The summed E-state index contributed by atoms with van der Waals surface area (Å²) in [6.45, 7) is 7.59. The predicted octanol–water partition coefficient (Wildman–Crippen LogP) is 3.86. The van der Waals surface area contributed by atoms with Crippen LogP contribution in [0.3, 0.4) is 0 Å². The van der Waals surface area contributed by atoms with Crippen LogP contribution in [0.5, 0.6) is 5.75 Å². The van der Waals surface area contributed by atoms with Crippen LogP contribution >= 0.6 is 0 Å². The Hall–Kier alpha value is -1.51. The highest BCUT2D eigenvalue weighted by atomic mass is 16.6. The van der Waals surface area contributed by atoms with Crippen molar-refractivity contribution < 1.29 is 14.6 Å². The summed E-state index contributed by atoms with van der Waals surface area (Å²) >= 11 is 0. The van der Waals surface area contributed by atoms with E-state index in [0.29, 0.717) is 5.92 Å². The Morgan fingerprint density at radius 1 is 1.35 bits per heavy atom. The molecule has 0 saturated heterocycles. The molecule has 110 valence electrons. The number of rotatable bonds is 4. The van der Waals surface area contributed by atoms with E-state index < -0.39 is 5.60 Å². The third-order valence-corrected chi connectivity index (χ3v) is 3.70. The van der Waals surface area contributed by atoms with Gasteiger partial charge in [0.05, 0.1) is 5.92 Å². The van der Waals surface area contributed by atoms with Crippen LogP contribution < -0.4 is 0 Å². The lowest BCUT2D eigenvalue weighted by Crippen LogP contribution is -2.31. The first-order chi connectivity index (χ1) is 9.28. The quantitative estimate of drug-likeness (QED) is 0.849. The van der Waals surface area contributed by atoms with Crippen LogP contribution in [0, 0.1) is 11.8 Å². The van der Waals surface area contributed by atoms with Gasteiger partial charge in [-0.05, 0) is 63.1 Å². The molecule has 1 N–H and O–H groups in total. The SMILES string of the molecule is C[C@H](C(=O)OC(C)(C)C)[C@H](c1cccc(O)c1)C1CC1. The van der Waals surface area contributed by atoms with Gasteiger partial charge in [-0.25, -0.2) is 0 Å². The number of phenolic OH excluding ortho intramolecular Hbond substituents is 1. The van der Waals surface area contributed by atoms with E-state index in [1.165, 1.54) is 0 Å². The van der Waals surface area contributed by atoms with Crippen LogP contribution in [-0.2, 0) is 9.53 Å². The van der Waals surface area contributed by atoms with Crippen LogP contribution in [-0.4, -0.2) is 16.7 Å². The first-order valence-corrected chi connectivity index (χ1v) is 7.30. The number of benzene rings is 1. The zero-order valence-electron chi connectivity index (χ0n) is 12.7. The zero-order valence-corrected chi connectivity index (χ0v) is 12.7. The minimum atomic E-state index is -0.460. The second kappa shape index (κ2) is 5.47. The highest BCUT2D eigenvalue weighted by Gasteiger charge is 2.40. The van der Waals surface area contributed by atoms with Crippen molar-refractivity contribution >= 4 is 5.97 Å². The normalized spacial score (nSPS) is 18.4. The van der Waals surface area contributed by atoms with E-state index in [1.807, 2.05) is 39.8 Å². The largest absolute Gasteiger partial charge is 0.508 e. The summed E-state index contributed by atoms with van der Waals surface area (Å²) < 4.78 is 5.51.